The van der Waals surface area contributed by atoms with Gasteiger partial charge in [-0.25, -0.2) is 0 Å². The normalized spacial score (nSPS) is 13.8. The number of nitrogens with one attached hydrogen (secondary N) is 1. The van der Waals surface area contributed by atoms with Crippen molar-refractivity contribution < 1.29 is 4.74 Å². The number of amidine groups is 1. The summed E-state index contributed by atoms with van der Waals surface area (Å²) in [5, 5.41) is 3.27. The lowest BCUT2D eigenvalue weighted by molar-refractivity contribution is 0.305. The average molecular weight is 331 g/mol. The molecule has 0 spiro atoms. The molecule has 3 nitrogen and oxygen atoms in total. The molecule has 0 unspecified atom stereocenters. The van der Waals surface area contributed by atoms with Crippen molar-refractivity contribution in [2.24, 2.45) is 4.99 Å². The number of hydrogen-bond donors (Lipinski definition) is 1. The Kier molecular flexibility index (Phi) is 4.02. The van der Waals surface area contributed by atoms with Crippen LogP contribution in [0.1, 0.15) is 11.1 Å². The van der Waals surface area contributed by atoms with Crippen molar-refractivity contribution in [3.05, 3.63) is 64.1 Å². The summed E-state index contributed by atoms with van der Waals surface area (Å²) in [5.74, 6) is 1.81. The number of benzene rings is 2. The van der Waals surface area contributed by atoms with Gasteiger partial charge in [0.25, 0.3) is 0 Å². The highest BCUT2D eigenvalue weighted by Crippen LogP contribution is 2.20. The second kappa shape index (κ2) is 6.09. The lowest BCUT2D eigenvalue weighted by Crippen LogP contribution is -2.19. The maximum Gasteiger partial charge on any atom is 0.128 e. The number of aliphatic imine (C=N–C) groups is 1. The van der Waals surface area contributed by atoms with Crippen molar-refractivity contribution in [3.63, 3.8) is 0 Å². The molecule has 0 bridgehead atoms. The van der Waals surface area contributed by atoms with E-state index in [1.165, 1.54) is 0 Å². The molecular weight excluding hydrogens is 316 g/mol. The molecule has 2 aromatic rings. The van der Waals surface area contributed by atoms with Gasteiger partial charge in [-0.05, 0) is 18.2 Å². The zero-order valence-corrected chi connectivity index (χ0v) is 12.6. The predicted octanol–water partition coefficient (Wildman–Crippen LogP) is 3.38. The minimum Gasteiger partial charge on any atom is -0.489 e. The van der Waals surface area contributed by atoms with Gasteiger partial charge in [0.15, 0.2) is 0 Å². The van der Waals surface area contributed by atoms with E-state index in [4.69, 9.17) is 4.74 Å². The summed E-state index contributed by atoms with van der Waals surface area (Å²) in [5.41, 5.74) is 2.21. The Labute approximate surface area is 126 Å². The second-order valence-electron chi connectivity index (χ2n) is 4.57. The Hall–Kier alpha value is -1.81. The highest BCUT2D eigenvalue weighted by atomic mass is 79.9. The third kappa shape index (κ3) is 3.02. The Morgan fingerprint density at radius 1 is 1.15 bits per heavy atom. The first-order valence-corrected chi connectivity index (χ1v) is 7.37. The Bertz CT molecular complexity index is 640. The van der Waals surface area contributed by atoms with Crippen LogP contribution in [-0.4, -0.2) is 18.9 Å². The molecule has 1 aliphatic rings. The number of nitrogens with zero attached hydrogens (tertiary/aromatic N) is 1. The minimum absolute atomic E-state index is 0.546. The maximum atomic E-state index is 5.86. The third-order valence-corrected chi connectivity index (χ3v) is 3.91. The summed E-state index contributed by atoms with van der Waals surface area (Å²) >= 11 is 3.53. The quantitative estimate of drug-likeness (QED) is 0.932. The Morgan fingerprint density at radius 3 is 2.85 bits per heavy atom. The van der Waals surface area contributed by atoms with E-state index in [1.807, 2.05) is 42.5 Å². The van der Waals surface area contributed by atoms with E-state index in [-0.39, 0.29) is 0 Å². The molecule has 0 atom stereocenters. The van der Waals surface area contributed by atoms with Gasteiger partial charge in [0, 0.05) is 22.1 Å². The summed E-state index contributed by atoms with van der Waals surface area (Å²) in [6, 6.07) is 16.1. The van der Waals surface area contributed by atoms with Crippen molar-refractivity contribution in [1.29, 1.82) is 0 Å². The Morgan fingerprint density at radius 2 is 2.05 bits per heavy atom. The topological polar surface area (TPSA) is 33.6 Å². The van der Waals surface area contributed by atoms with E-state index >= 15 is 0 Å². The number of halogens is 1. The molecule has 102 valence electrons. The van der Waals surface area contributed by atoms with Crippen LogP contribution in [0.2, 0.25) is 0 Å². The van der Waals surface area contributed by atoms with Gasteiger partial charge in [0.2, 0.25) is 0 Å². The molecule has 0 fully saturated rings. The third-order valence-electron chi connectivity index (χ3n) is 3.13. The predicted molar refractivity (Wildman–Crippen MR) is 84.3 cm³/mol. The number of rotatable bonds is 4. The van der Waals surface area contributed by atoms with E-state index in [2.05, 4.69) is 32.3 Å². The minimum atomic E-state index is 0.546. The molecule has 20 heavy (non-hydrogen) atoms. The SMILES string of the molecule is Brc1ccccc1COc1cccc(C2=NCCN2)c1. The van der Waals surface area contributed by atoms with Crippen LogP contribution >= 0.6 is 15.9 Å². The Balaban J connectivity index is 1.72. The molecule has 1 N–H and O–H groups in total. The number of hydrogen-bond acceptors (Lipinski definition) is 3. The van der Waals surface area contributed by atoms with Crippen LogP contribution in [0.3, 0.4) is 0 Å². The largest absolute Gasteiger partial charge is 0.489 e. The van der Waals surface area contributed by atoms with Gasteiger partial charge in [-0.2, -0.15) is 0 Å². The van der Waals surface area contributed by atoms with Crippen LogP contribution in [0.15, 0.2) is 58.0 Å². The first kappa shape index (κ1) is 13.2. The van der Waals surface area contributed by atoms with Crippen molar-refractivity contribution in [2.45, 2.75) is 6.61 Å². The molecule has 0 aliphatic carbocycles. The summed E-state index contributed by atoms with van der Waals surface area (Å²) < 4.78 is 6.93. The molecule has 0 aromatic heterocycles. The second-order valence-corrected chi connectivity index (χ2v) is 5.42. The fourth-order valence-corrected chi connectivity index (χ4v) is 2.50. The fourth-order valence-electron chi connectivity index (χ4n) is 2.10. The zero-order chi connectivity index (χ0) is 13.8. The first-order valence-electron chi connectivity index (χ1n) is 6.58. The van der Waals surface area contributed by atoms with Crippen molar-refractivity contribution in [2.75, 3.05) is 13.1 Å². The molecule has 1 aliphatic heterocycles. The van der Waals surface area contributed by atoms with Crippen molar-refractivity contribution >= 4 is 21.8 Å². The number of ether oxygens (including phenoxy) is 1. The molecule has 3 rings (SSSR count). The highest BCUT2D eigenvalue weighted by molar-refractivity contribution is 9.10. The molecule has 0 radical (unpaired) electrons. The van der Waals surface area contributed by atoms with Gasteiger partial charge >= 0.3 is 0 Å². The van der Waals surface area contributed by atoms with Crippen LogP contribution in [0, 0.1) is 0 Å². The standard InChI is InChI=1S/C16H15BrN2O/c17-15-7-2-1-4-13(15)11-20-14-6-3-5-12(10-14)16-18-8-9-19-16/h1-7,10H,8-9,11H2,(H,18,19). The van der Waals surface area contributed by atoms with Crippen LogP contribution in [0.4, 0.5) is 0 Å². The van der Waals surface area contributed by atoms with Gasteiger partial charge in [-0.15, -0.1) is 0 Å². The average Bonchev–Trinajstić information content (AvgIpc) is 3.01. The van der Waals surface area contributed by atoms with Gasteiger partial charge in [0.05, 0.1) is 6.54 Å². The van der Waals surface area contributed by atoms with Gasteiger partial charge in [-0.1, -0.05) is 46.3 Å². The maximum absolute atomic E-state index is 5.86. The molecule has 1 heterocycles. The van der Waals surface area contributed by atoms with Gasteiger partial charge < -0.3 is 10.1 Å². The van der Waals surface area contributed by atoms with Crippen LogP contribution < -0.4 is 10.1 Å². The fraction of sp³-hybridized carbons (Fsp3) is 0.188. The zero-order valence-electron chi connectivity index (χ0n) is 11.0. The molecule has 4 heteroatoms. The summed E-state index contributed by atoms with van der Waals surface area (Å²) in [4.78, 5) is 4.42. The van der Waals surface area contributed by atoms with Crippen LogP contribution in [0.5, 0.6) is 5.75 Å². The highest BCUT2D eigenvalue weighted by Gasteiger charge is 2.08. The van der Waals surface area contributed by atoms with Gasteiger partial charge in [-0.3, -0.25) is 4.99 Å². The molecule has 0 saturated carbocycles. The lowest BCUT2D eigenvalue weighted by Gasteiger charge is -2.09. The monoisotopic (exact) mass is 330 g/mol. The first-order chi connectivity index (χ1) is 9.83. The molecular formula is C16H15BrN2O. The van der Waals surface area contributed by atoms with E-state index < -0.39 is 0 Å². The summed E-state index contributed by atoms with van der Waals surface area (Å²) in [7, 11) is 0. The summed E-state index contributed by atoms with van der Waals surface area (Å²) in [6.07, 6.45) is 0. The van der Waals surface area contributed by atoms with E-state index in [9.17, 15) is 0 Å². The molecule has 0 saturated heterocycles. The van der Waals surface area contributed by atoms with Crippen LogP contribution in [0.25, 0.3) is 0 Å². The van der Waals surface area contributed by atoms with Gasteiger partial charge in [0.1, 0.15) is 18.2 Å². The smallest absolute Gasteiger partial charge is 0.128 e. The summed E-state index contributed by atoms with van der Waals surface area (Å²) in [6.45, 7) is 2.31. The lowest BCUT2D eigenvalue weighted by atomic mass is 10.2. The van der Waals surface area contributed by atoms with Crippen molar-refractivity contribution in [1.82, 2.24) is 5.32 Å². The van der Waals surface area contributed by atoms with Crippen molar-refractivity contribution in [3.8, 4) is 5.75 Å². The van der Waals surface area contributed by atoms with E-state index in [1.54, 1.807) is 0 Å². The van der Waals surface area contributed by atoms with Crippen LogP contribution in [-0.2, 0) is 6.61 Å². The van der Waals surface area contributed by atoms with E-state index in [0.29, 0.717) is 6.61 Å². The molecule has 0 amide bonds. The van der Waals surface area contributed by atoms with E-state index in [0.717, 1.165) is 40.3 Å². The molecule has 2 aromatic carbocycles.